The molecule has 0 bridgehead atoms. The summed E-state index contributed by atoms with van der Waals surface area (Å²) < 4.78 is 81.2. The molecule has 2 aliphatic rings. The summed E-state index contributed by atoms with van der Waals surface area (Å²) in [5, 5.41) is -0.909. The molecule has 1 aromatic rings. The molecule has 1 unspecified atom stereocenters. The number of ether oxygens (including phenoxy) is 1. The number of nitrogens with zero attached hydrogens (tertiary/aromatic N) is 2. The number of hydrogen-bond acceptors (Lipinski definition) is 6. The topological polar surface area (TPSA) is 101 Å². The summed E-state index contributed by atoms with van der Waals surface area (Å²) in [5.41, 5.74) is 0. The number of carbonyl (C=O) groups is 1. The smallest absolute Gasteiger partial charge is 0.222 e. The molecule has 0 spiro atoms. The van der Waals surface area contributed by atoms with E-state index in [9.17, 15) is 30.4 Å². The maximum absolute atomic E-state index is 13.5. The van der Waals surface area contributed by atoms with Crippen LogP contribution in [0.2, 0.25) is 0 Å². The van der Waals surface area contributed by atoms with Gasteiger partial charge in [-0.15, -0.1) is 0 Å². The molecule has 2 heterocycles. The predicted octanol–water partition coefficient (Wildman–Crippen LogP) is 0.785. The van der Waals surface area contributed by atoms with Crippen LogP contribution in [0.25, 0.3) is 0 Å². The molecule has 0 N–H and O–H groups in total. The first-order valence-electron chi connectivity index (χ1n) is 9.63. The molecular weight excluding hydrogens is 442 g/mol. The molecule has 0 saturated carbocycles. The Morgan fingerprint density at radius 1 is 1.17 bits per heavy atom. The van der Waals surface area contributed by atoms with Gasteiger partial charge in [-0.05, 0) is 25.0 Å². The molecule has 3 rings (SSSR count). The Labute approximate surface area is 174 Å². The zero-order chi connectivity index (χ0) is 21.9. The van der Waals surface area contributed by atoms with Gasteiger partial charge in [0.05, 0.1) is 23.4 Å². The Balaban J connectivity index is 1.42. The highest BCUT2D eigenvalue weighted by atomic mass is 32.2. The maximum atomic E-state index is 13.5. The van der Waals surface area contributed by atoms with Crippen LogP contribution in [0.4, 0.5) is 8.78 Å². The van der Waals surface area contributed by atoms with E-state index in [1.54, 1.807) is 4.90 Å². The van der Waals surface area contributed by atoms with E-state index in [1.807, 2.05) is 0 Å². The Hall–Kier alpha value is -1.79. The van der Waals surface area contributed by atoms with Gasteiger partial charge < -0.3 is 9.64 Å². The van der Waals surface area contributed by atoms with E-state index in [-0.39, 0.29) is 68.8 Å². The Morgan fingerprint density at radius 2 is 1.87 bits per heavy atom. The second-order valence-corrected chi connectivity index (χ2v) is 11.8. The standard InChI is InChI=1S/C18H24F2N2O6S2/c19-14-3-4-17(16(20)12-14)28-10-1-2-18(23)21-6-8-22(9-7-21)30(26,27)15-5-11-29(24,25)13-15/h3-4,12,15H,1-2,5-11,13H2. The molecule has 168 valence electrons. The molecule has 2 saturated heterocycles. The monoisotopic (exact) mass is 466 g/mol. The van der Waals surface area contributed by atoms with Crippen molar-refractivity contribution < 1.29 is 35.1 Å². The molecule has 1 amide bonds. The van der Waals surface area contributed by atoms with Crippen molar-refractivity contribution >= 4 is 25.8 Å². The van der Waals surface area contributed by atoms with E-state index in [4.69, 9.17) is 4.74 Å². The third-order valence-corrected chi connectivity index (χ3v) is 9.56. The Bertz CT molecular complexity index is 992. The summed E-state index contributed by atoms with van der Waals surface area (Å²) in [6, 6.07) is 2.98. The van der Waals surface area contributed by atoms with Crippen LogP contribution in [0.1, 0.15) is 19.3 Å². The normalized spacial score (nSPS) is 22.2. The van der Waals surface area contributed by atoms with Gasteiger partial charge in [0, 0.05) is 38.7 Å². The predicted molar refractivity (Wildman–Crippen MR) is 105 cm³/mol. The van der Waals surface area contributed by atoms with E-state index >= 15 is 0 Å². The average molecular weight is 467 g/mol. The van der Waals surface area contributed by atoms with Crippen molar-refractivity contribution in [3.63, 3.8) is 0 Å². The van der Waals surface area contributed by atoms with Gasteiger partial charge in [0.15, 0.2) is 21.4 Å². The zero-order valence-corrected chi connectivity index (χ0v) is 17.9. The lowest BCUT2D eigenvalue weighted by atomic mass is 10.2. The zero-order valence-electron chi connectivity index (χ0n) is 16.3. The number of sulfonamides is 1. The highest BCUT2D eigenvalue weighted by molar-refractivity contribution is 7.95. The molecule has 2 aliphatic heterocycles. The fraction of sp³-hybridized carbons (Fsp3) is 0.611. The summed E-state index contributed by atoms with van der Waals surface area (Å²) in [5.74, 6) is -2.22. The highest BCUT2D eigenvalue weighted by Crippen LogP contribution is 2.23. The molecule has 1 aromatic carbocycles. The SMILES string of the molecule is O=C(CCCOc1ccc(F)cc1F)N1CCN(S(=O)(=O)C2CCS(=O)(=O)C2)CC1. The van der Waals surface area contributed by atoms with Gasteiger partial charge in [0.25, 0.3) is 0 Å². The lowest BCUT2D eigenvalue weighted by molar-refractivity contribution is -0.132. The van der Waals surface area contributed by atoms with E-state index < -0.39 is 36.7 Å². The fourth-order valence-corrected chi connectivity index (χ4v) is 8.07. The van der Waals surface area contributed by atoms with Crippen molar-refractivity contribution in [3.8, 4) is 5.75 Å². The number of amides is 1. The second-order valence-electron chi connectivity index (χ2n) is 7.38. The van der Waals surface area contributed by atoms with Crippen molar-refractivity contribution in [2.24, 2.45) is 0 Å². The minimum atomic E-state index is -3.71. The van der Waals surface area contributed by atoms with Crippen molar-refractivity contribution in [1.29, 1.82) is 0 Å². The molecular formula is C18H24F2N2O6S2. The number of carbonyl (C=O) groups excluding carboxylic acids is 1. The Kier molecular flexibility index (Phi) is 6.98. The third-order valence-electron chi connectivity index (χ3n) is 5.25. The first-order chi connectivity index (χ1) is 14.1. The average Bonchev–Trinajstić information content (AvgIpc) is 3.07. The number of piperazine rings is 1. The van der Waals surface area contributed by atoms with Crippen LogP contribution in [-0.2, 0) is 24.7 Å². The summed E-state index contributed by atoms with van der Waals surface area (Å²) in [6.07, 6.45) is 0.586. The van der Waals surface area contributed by atoms with Gasteiger partial charge in [-0.25, -0.2) is 25.6 Å². The Morgan fingerprint density at radius 3 is 2.47 bits per heavy atom. The fourth-order valence-electron chi connectivity index (χ4n) is 3.55. The molecule has 0 aromatic heterocycles. The van der Waals surface area contributed by atoms with Crippen molar-refractivity contribution in [3.05, 3.63) is 29.8 Å². The first-order valence-corrected chi connectivity index (χ1v) is 13.0. The van der Waals surface area contributed by atoms with Gasteiger partial charge in [0.1, 0.15) is 5.82 Å². The maximum Gasteiger partial charge on any atom is 0.222 e. The quantitative estimate of drug-likeness (QED) is 0.551. The van der Waals surface area contributed by atoms with Crippen LogP contribution < -0.4 is 4.74 Å². The summed E-state index contributed by atoms with van der Waals surface area (Å²) in [7, 11) is -7.01. The van der Waals surface area contributed by atoms with Crippen molar-refractivity contribution in [1.82, 2.24) is 9.21 Å². The van der Waals surface area contributed by atoms with E-state index in [0.29, 0.717) is 6.42 Å². The molecule has 2 fully saturated rings. The molecule has 30 heavy (non-hydrogen) atoms. The first kappa shape index (κ1) is 22.9. The number of benzene rings is 1. The number of rotatable bonds is 7. The lowest BCUT2D eigenvalue weighted by Gasteiger charge is -2.35. The number of sulfone groups is 1. The molecule has 12 heteroatoms. The van der Waals surface area contributed by atoms with Gasteiger partial charge in [0.2, 0.25) is 15.9 Å². The van der Waals surface area contributed by atoms with Gasteiger partial charge in [-0.1, -0.05) is 0 Å². The summed E-state index contributed by atoms with van der Waals surface area (Å²) >= 11 is 0. The molecule has 1 atom stereocenters. The van der Waals surface area contributed by atoms with E-state index in [2.05, 4.69) is 0 Å². The van der Waals surface area contributed by atoms with Crippen LogP contribution in [0.5, 0.6) is 5.75 Å². The minimum absolute atomic E-state index is 0.0821. The van der Waals surface area contributed by atoms with Crippen molar-refractivity contribution in [2.75, 3.05) is 44.3 Å². The summed E-state index contributed by atoms with van der Waals surface area (Å²) in [6.45, 7) is 0.790. The lowest BCUT2D eigenvalue weighted by Crippen LogP contribution is -2.52. The van der Waals surface area contributed by atoms with Gasteiger partial charge in [-0.2, -0.15) is 4.31 Å². The molecule has 0 radical (unpaired) electrons. The minimum Gasteiger partial charge on any atom is -0.491 e. The second kappa shape index (κ2) is 9.15. The van der Waals surface area contributed by atoms with Crippen LogP contribution >= 0.6 is 0 Å². The third kappa shape index (κ3) is 5.46. The van der Waals surface area contributed by atoms with Gasteiger partial charge >= 0.3 is 0 Å². The largest absolute Gasteiger partial charge is 0.491 e. The van der Waals surface area contributed by atoms with Crippen LogP contribution in [0.15, 0.2) is 18.2 Å². The van der Waals surface area contributed by atoms with Crippen molar-refractivity contribution in [2.45, 2.75) is 24.5 Å². The van der Waals surface area contributed by atoms with Crippen LogP contribution in [0.3, 0.4) is 0 Å². The van der Waals surface area contributed by atoms with Crippen LogP contribution in [0, 0.1) is 11.6 Å². The highest BCUT2D eigenvalue weighted by Gasteiger charge is 2.41. The van der Waals surface area contributed by atoms with Crippen LogP contribution in [-0.4, -0.2) is 81.5 Å². The van der Waals surface area contributed by atoms with E-state index in [0.717, 1.165) is 12.1 Å². The van der Waals surface area contributed by atoms with E-state index in [1.165, 1.54) is 10.4 Å². The number of hydrogen-bond donors (Lipinski definition) is 0. The molecule has 8 nitrogen and oxygen atoms in total. The van der Waals surface area contributed by atoms with Gasteiger partial charge in [-0.3, -0.25) is 4.79 Å². The summed E-state index contributed by atoms with van der Waals surface area (Å²) in [4.78, 5) is 13.9. The molecule has 0 aliphatic carbocycles. The number of halogens is 2.